The Kier molecular flexibility index (Phi) is 6.11. The number of piperidine rings is 1. The zero-order chi connectivity index (χ0) is 20.9. The number of carbonyl (C=O) groups excluding carboxylic acids is 2. The number of benzene rings is 1. The highest BCUT2D eigenvalue weighted by Crippen LogP contribution is 2.22. The highest BCUT2D eigenvalue weighted by Gasteiger charge is 2.32. The van der Waals surface area contributed by atoms with Crippen LogP contribution in [0.1, 0.15) is 18.4 Å². The Labute approximate surface area is 176 Å². The number of anilines is 2. The topological polar surface area (TPSA) is 81.7 Å². The summed E-state index contributed by atoms with van der Waals surface area (Å²) in [5, 5.41) is 2.95. The maximum absolute atomic E-state index is 13.1. The number of aromatic nitrogens is 2. The Balaban J connectivity index is 1.29. The molecule has 30 heavy (non-hydrogen) atoms. The van der Waals surface area contributed by atoms with E-state index in [1.807, 2.05) is 36.1 Å². The Hall–Kier alpha value is -3.16. The lowest BCUT2D eigenvalue weighted by Crippen LogP contribution is -2.54. The molecule has 158 valence electrons. The van der Waals surface area contributed by atoms with Crippen LogP contribution in [-0.2, 0) is 4.79 Å². The number of carbonyl (C=O) groups is 2. The number of hydrogen-bond donors (Lipinski definition) is 1. The standard InChI is InChI=1S/C22H28N6O2/c1-17-5-2-7-19(15-17)25-22(30)27-13-11-26(12-14-27)20(29)18-6-3-10-28(16-18)21-23-8-4-9-24-21/h2,4-5,7-9,15,18H,3,6,10-14,16H2,1H3,(H,25,30). The predicted octanol–water partition coefficient (Wildman–Crippen LogP) is 2.38. The molecule has 0 bridgehead atoms. The van der Waals surface area contributed by atoms with Crippen LogP contribution in [0.15, 0.2) is 42.7 Å². The molecule has 1 atom stereocenters. The summed E-state index contributed by atoms with van der Waals surface area (Å²) in [4.78, 5) is 40.0. The van der Waals surface area contributed by atoms with Crippen molar-refractivity contribution in [3.05, 3.63) is 48.3 Å². The van der Waals surface area contributed by atoms with E-state index < -0.39 is 0 Å². The van der Waals surface area contributed by atoms with Crippen LogP contribution in [0.25, 0.3) is 0 Å². The molecule has 8 nitrogen and oxygen atoms in total. The van der Waals surface area contributed by atoms with E-state index in [2.05, 4.69) is 20.2 Å². The van der Waals surface area contributed by atoms with Gasteiger partial charge in [0.05, 0.1) is 5.92 Å². The molecular weight excluding hydrogens is 380 g/mol. The lowest BCUT2D eigenvalue weighted by atomic mass is 9.96. The molecule has 8 heteroatoms. The summed E-state index contributed by atoms with van der Waals surface area (Å²) in [6.07, 6.45) is 5.30. The molecule has 1 aromatic heterocycles. The molecular formula is C22H28N6O2. The Morgan fingerprint density at radius 3 is 2.47 bits per heavy atom. The van der Waals surface area contributed by atoms with Gasteiger partial charge < -0.3 is 20.0 Å². The number of amides is 3. The first-order valence-electron chi connectivity index (χ1n) is 10.5. The number of rotatable bonds is 3. The van der Waals surface area contributed by atoms with Crippen molar-refractivity contribution in [2.45, 2.75) is 19.8 Å². The van der Waals surface area contributed by atoms with Crippen LogP contribution in [0.3, 0.4) is 0 Å². The summed E-state index contributed by atoms with van der Waals surface area (Å²) in [5.41, 5.74) is 1.90. The molecule has 2 aliphatic rings. The first kappa shape index (κ1) is 20.1. The SMILES string of the molecule is Cc1cccc(NC(=O)N2CCN(C(=O)C3CCCN(c4ncccn4)C3)CC2)c1. The van der Waals surface area contributed by atoms with E-state index in [1.165, 1.54) is 0 Å². The average Bonchev–Trinajstić information content (AvgIpc) is 2.79. The summed E-state index contributed by atoms with van der Waals surface area (Å²) in [6, 6.07) is 9.44. The van der Waals surface area contributed by atoms with Crippen LogP contribution in [0, 0.1) is 12.8 Å². The van der Waals surface area contributed by atoms with Crippen molar-refractivity contribution < 1.29 is 9.59 Å². The van der Waals surface area contributed by atoms with E-state index in [-0.39, 0.29) is 17.9 Å². The van der Waals surface area contributed by atoms with Gasteiger partial charge in [0.1, 0.15) is 0 Å². The molecule has 2 saturated heterocycles. The van der Waals surface area contributed by atoms with Gasteiger partial charge >= 0.3 is 6.03 Å². The van der Waals surface area contributed by atoms with E-state index in [0.29, 0.717) is 38.7 Å². The molecule has 3 heterocycles. The first-order valence-corrected chi connectivity index (χ1v) is 10.5. The highest BCUT2D eigenvalue weighted by atomic mass is 16.2. The molecule has 2 aromatic rings. The molecule has 0 aliphatic carbocycles. The molecule has 4 rings (SSSR count). The minimum atomic E-state index is -0.113. The van der Waals surface area contributed by atoms with E-state index in [0.717, 1.165) is 30.6 Å². The van der Waals surface area contributed by atoms with Gasteiger partial charge in [-0.25, -0.2) is 14.8 Å². The van der Waals surface area contributed by atoms with Gasteiger partial charge in [-0.2, -0.15) is 0 Å². The fraction of sp³-hybridized carbons (Fsp3) is 0.455. The summed E-state index contributed by atoms with van der Waals surface area (Å²) in [7, 11) is 0. The molecule has 2 fully saturated rings. The van der Waals surface area contributed by atoms with Crippen molar-refractivity contribution in [3.63, 3.8) is 0 Å². The van der Waals surface area contributed by atoms with Crippen LogP contribution in [0.2, 0.25) is 0 Å². The van der Waals surface area contributed by atoms with Crippen molar-refractivity contribution in [2.24, 2.45) is 5.92 Å². The van der Waals surface area contributed by atoms with Crippen LogP contribution in [0.4, 0.5) is 16.4 Å². The fourth-order valence-corrected chi connectivity index (χ4v) is 4.13. The molecule has 3 amide bonds. The summed E-state index contributed by atoms with van der Waals surface area (Å²) >= 11 is 0. The Bertz CT molecular complexity index is 882. The van der Waals surface area contributed by atoms with Gasteiger partial charge in [-0.1, -0.05) is 12.1 Å². The van der Waals surface area contributed by atoms with E-state index in [4.69, 9.17) is 0 Å². The van der Waals surface area contributed by atoms with E-state index in [9.17, 15) is 9.59 Å². The summed E-state index contributed by atoms with van der Waals surface area (Å²) in [5.74, 6) is 0.817. The number of nitrogens with one attached hydrogen (secondary N) is 1. The maximum Gasteiger partial charge on any atom is 0.321 e. The predicted molar refractivity (Wildman–Crippen MR) is 115 cm³/mol. The van der Waals surface area contributed by atoms with Gasteiger partial charge in [-0.3, -0.25) is 4.79 Å². The number of hydrogen-bond acceptors (Lipinski definition) is 5. The van der Waals surface area contributed by atoms with Gasteiger partial charge in [0.25, 0.3) is 0 Å². The second-order valence-corrected chi connectivity index (χ2v) is 7.95. The number of aryl methyl sites for hydroxylation is 1. The van der Waals surface area contributed by atoms with E-state index >= 15 is 0 Å². The minimum Gasteiger partial charge on any atom is -0.340 e. The third-order valence-corrected chi connectivity index (χ3v) is 5.75. The van der Waals surface area contributed by atoms with Gasteiger partial charge in [-0.15, -0.1) is 0 Å². The molecule has 0 saturated carbocycles. The lowest BCUT2D eigenvalue weighted by Gasteiger charge is -2.39. The van der Waals surface area contributed by atoms with Gasteiger partial charge in [-0.05, 0) is 43.5 Å². The largest absolute Gasteiger partial charge is 0.340 e. The Morgan fingerprint density at radius 1 is 1.00 bits per heavy atom. The first-order chi connectivity index (χ1) is 14.6. The zero-order valence-corrected chi connectivity index (χ0v) is 17.3. The van der Waals surface area contributed by atoms with Crippen molar-refractivity contribution in [3.8, 4) is 0 Å². The minimum absolute atomic E-state index is 0.0461. The van der Waals surface area contributed by atoms with Crippen LogP contribution in [0.5, 0.6) is 0 Å². The van der Waals surface area contributed by atoms with Crippen molar-refractivity contribution in [2.75, 3.05) is 49.5 Å². The zero-order valence-electron chi connectivity index (χ0n) is 17.3. The normalized spacial score (nSPS) is 19.5. The molecule has 1 unspecified atom stereocenters. The van der Waals surface area contributed by atoms with Crippen molar-refractivity contribution in [1.82, 2.24) is 19.8 Å². The van der Waals surface area contributed by atoms with Gasteiger partial charge in [0.2, 0.25) is 11.9 Å². The maximum atomic E-state index is 13.1. The second-order valence-electron chi connectivity index (χ2n) is 7.95. The van der Waals surface area contributed by atoms with Crippen molar-refractivity contribution in [1.29, 1.82) is 0 Å². The molecule has 1 aromatic carbocycles. The smallest absolute Gasteiger partial charge is 0.321 e. The summed E-state index contributed by atoms with van der Waals surface area (Å²) in [6.45, 7) is 5.74. The van der Waals surface area contributed by atoms with Crippen LogP contribution in [-0.4, -0.2) is 71.0 Å². The monoisotopic (exact) mass is 408 g/mol. The lowest BCUT2D eigenvalue weighted by molar-refractivity contribution is -0.137. The second kappa shape index (κ2) is 9.11. The number of urea groups is 1. The molecule has 0 spiro atoms. The third-order valence-electron chi connectivity index (χ3n) is 5.75. The van der Waals surface area contributed by atoms with Gasteiger partial charge in [0.15, 0.2) is 0 Å². The summed E-state index contributed by atoms with van der Waals surface area (Å²) < 4.78 is 0. The molecule has 1 N–H and O–H groups in total. The van der Waals surface area contributed by atoms with Crippen LogP contribution >= 0.6 is 0 Å². The van der Waals surface area contributed by atoms with Gasteiger partial charge in [0, 0.05) is 57.3 Å². The van der Waals surface area contributed by atoms with E-state index in [1.54, 1.807) is 23.4 Å². The third kappa shape index (κ3) is 4.69. The quantitative estimate of drug-likeness (QED) is 0.843. The van der Waals surface area contributed by atoms with Crippen molar-refractivity contribution >= 4 is 23.6 Å². The van der Waals surface area contributed by atoms with Crippen LogP contribution < -0.4 is 10.2 Å². The fourth-order valence-electron chi connectivity index (χ4n) is 4.13. The average molecular weight is 409 g/mol. The Morgan fingerprint density at radius 2 is 1.73 bits per heavy atom. The highest BCUT2D eigenvalue weighted by molar-refractivity contribution is 5.89. The molecule has 2 aliphatic heterocycles. The number of piperazine rings is 1. The molecule has 0 radical (unpaired) electrons. The number of nitrogens with zero attached hydrogens (tertiary/aromatic N) is 5.